The number of allylic oxidation sites excluding steroid dienone is 4. The number of nitro benzene ring substituents is 1. The standard InChI is InChI=1S/C16H7N7O2/c17-5-10(6-18)15-12(7-19)14(13(8-20)16(21)22-15)9-1-3-11(4-2-9)23(24)25/h1-4,22H,21H2. The van der Waals surface area contributed by atoms with E-state index in [-0.39, 0.29) is 39.5 Å². The number of nitrogens with two attached hydrogens (primary N) is 1. The van der Waals surface area contributed by atoms with Crippen LogP contribution in [0, 0.1) is 55.4 Å². The molecule has 3 N–H and O–H groups in total. The van der Waals surface area contributed by atoms with Gasteiger partial charge in [0.25, 0.3) is 5.69 Å². The lowest BCUT2D eigenvalue weighted by atomic mass is 9.88. The average molecular weight is 329 g/mol. The Morgan fingerprint density at radius 2 is 1.60 bits per heavy atom. The normalized spacial score (nSPS) is 13.0. The molecule has 0 unspecified atom stereocenters. The van der Waals surface area contributed by atoms with Gasteiger partial charge in [0.2, 0.25) is 0 Å². The molecule has 25 heavy (non-hydrogen) atoms. The molecule has 0 aromatic heterocycles. The molecule has 0 atom stereocenters. The molecule has 2 rings (SSSR count). The van der Waals surface area contributed by atoms with Gasteiger partial charge in [-0.2, -0.15) is 21.0 Å². The highest BCUT2D eigenvalue weighted by Crippen LogP contribution is 2.35. The Hall–Kier alpha value is -4.60. The predicted octanol–water partition coefficient (Wildman–Crippen LogP) is 1.47. The van der Waals surface area contributed by atoms with Crippen LogP contribution in [0.25, 0.3) is 5.57 Å². The molecular weight excluding hydrogens is 322 g/mol. The molecule has 9 heteroatoms. The van der Waals surface area contributed by atoms with Crippen molar-refractivity contribution in [2.45, 2.75) is 0 Å². The molecule has 0 fully saturated rings. The quantitative estimate of drug-likeness (QED) is 0.465. The highest BCUT2D eigenvalue weighted by atomic mass is 16.6. The van der Waals surface area contributed by atoms with Crippen LogP contribution in [0.1, 0.15) is 5.56 Å². The van der Waals surface area contributed by atoms with Gasteiger partial charge in [-0.3, -0.25) is 10.1 Å². The van der Waals surface area contributed by atoms with Crippen LogP contribution in [0.3, 0.4) is 0 Å². The van der Waals surface area contributed by atoms with Gasteiger partial charge in [0, 0.05) is 17.7 Å². The first kappa shape index (κ1) is 16.8. The second-order valence-electron chi connectivity index (χ2n) is 4.66. The number of nitriles is 4. The lowest BCUT2D eigenvalue weighted by molar-refractivity contribution is -0.384. The summed E-state index contributed by atoms with van der Waals surface area (Å²) in [6, 6.07) is 12.2. The summed E-state index contributed by atoms with van der Waals surface area (Å²) >= 11 is 0. The molecule has 0 amide bonds. The van der Waals surface area contributed by atoms with Crippen molar-refractivity contribution in [2.75, 3.05) is 0 Å². The molecule has 1 aliphatic rings. The molecular formula is C16H7N7O2. The molecule has 0 bridgehead atoms. The fourth-order valence-corrected chi connectivity index (χ4v) is 2.24. The zero-order valence-corrected chi connectivity index (χ0v) is 12.4. The molecule has 1 aromatic carbocycles. The second kappa shape index (κ2) is 6.66. The number of hydrogen-bond acceptors (Lipinski definition) is 8. The summed E-state index contributed by atoms with van der Waals surface area (Å²) in [7, 11) is 0. The van der Waals surface area contributed by atoms with E-state index in [0.717, 1.165) is 0 Å². The maximum Gasteiger partial charge on any atom is 0.269 e. The number of nitrogens with one attached hydrogen (secondary N) is 1. The molecule has 0 aliphatic carbocycles. The Bertz CT molecular complexity index is 1020. The van der Waals surface area contributed by atoms with Gasteiger partial charge in [-0.25, -0.2) is 0 Å². The van der Waals surface area contributed by atoms with Gasteiger partial charge >= 0.3 is 0 Å². The minimum atomic E-state index is -0.587. The van der Waals surface area contributed by atoms with Crippen molar-refractivity contribution >= 4 is 11.3 Å². The molecule has 1 aromatic rings. The third-order valence-corrected chi connectivity index (χ3v) is 3.34. The van der Waals surface area contributed by atoms with Crippen LogP contribution in [0.15, 0.2) is 52.5 Å². The van der Waals surface area contributed by atoms with Crippen molar-refractivity contribution in [2.24, 2.45) is 5.73 Å². The molecule has 9 nitrogen and oxygen atoms in total. The number of nitro groups is 1. The van der Waals surface area contributed by atoms with Crippen LogP contribution in [0.4, 0.5) is 5.69 Å². The SMILES string of the molecule is N#CC(C#N)=C1NC(N)=C(C#N)C(c2ccc([N+](=O)[O-])cc2)=C1C#N. The van der Waals surface area contributed by atoms with Crippen molar-refractivity contribution in [3.05, 3.63) is 68.2 Å². The molecule has 1 aliphatic heterocycles. The van der Waals surface area contributed by atoms with Crippen molar-refractivity contribution < 1.29 is 4.92 Å². The number of nitrogens with zero attached hydrogens (tertiary/aromatic N) is 5. The number of benzene rings is 1. The van der Waals surface area contributed by atoms with Crippen LogP contribution in [-0.4, -0.2) is 4.92 Å². The Morgan fingerprint density at radius 3 is 2.04 bits per heavy atom. The van der Waals surface area contributed by atoms with Gasteiger partial charge in [-0.05, 0) is 17.7 Å². The smallest absolute Gasteiger partial charge is 0.269 e. The van der Waals surface area contributed by atoms with E-state index in [0.29, 0.717) is 5.56 Å². The summed E-state index contributed by atoms with van der Waals surface area (Å²) in [4.78, 5) is 10.2. The van der Waals surface area contributed by atoms with E-state index in [1.165, 1.54) is 24.3 Å². The van der Waals surface area contributed by atoms with Crippen molar-refractivity contribution in [3.8, 4) is 24.3 Å². The van der Waals surface area contributed by atoms with Gasteiger partial charge in [-0.1, -0.05) is 0 Å². The Labute approximate surface area is 141 Å². The number of hydrogen-bond donors (Lipinski definition) is 2. The Balaban J connectivity index is 2.84. The van der Waals surface area contributed by atoms with Gasteiger partial charge in [0.1, 0.15) is 35.7 Å². The van der Waals surface area contributed by atoms with E-state index >= 15 is 0 Å². The van der Waals surface area contributed by atoms with E-state index in [4.69, 9.17) is 16.3 Å². The topological polar surface area (TPSA) is 176 Å². The van der Waals surface area contributed by atoms with Crippen molar-refractivity contribution in [1.29, 1.82) is 21.0 Å². The van der Waals surface area contributed by atoms with Crippen molar-refractivity contribution in [1.82, 2.24) is 5.32 Å². The van der Waals surface area contributed by atoms with Crippen LogP contribution < -0.4 is 11.1 Å². The third kappa shape index (κ3) is 2.85. The molecule has 0 saturated heterocycles. The Kier molecular flexibility index (Phi) is 4.47. The van der Waals surface area contributed by atoms with Gasteiger partial charge in [0.05, 0.1) is 16.2 Å². The Morgan fingerprint density at radius 1 is 1.04 bits per heavy atom. The minimum absolute atomic E-state index is 0.0654. The van der Waals surface area contributed by atoms with Crippen LogP contribution >= 0.6 is 0 Å². The lowest BCUT2D eigenvalue weighted by Gasteiger charge is -2.22. The predicted molar refractivity (Wildman–Crippen MR) is 83.8 cm³/mol. The summed E-state index contributed by atoms with van der Waals surface area (Å²) in [6.07, 6.45) is 0. The molecule has 118 valence electrons. The maximum absolute atomic E-state index is 10.8. The number of dihydropyridines is 1. The zero-order chi connectivity index (χ0) is 18.6. The van der Waals surface area contributed by atoms with Crippen LogP contribution in [0.2, 0.25) is 0 Å². The van der Waals surface area contributed by atoms with Crippen LogP contribution in [-0.2, 0) is 0 Å². The number of non-ortho nitro benzene ring substituents is 1. The molecule has 0 radical (unpaired) electrons. The van der Waals surface area contributed by atoms with E-state index in [1.807, 2.05) is 12.1 Å². The van der Waals surface area contributed by atoms with Crippen molar-refractivity contribution in [3.63, 3.8) is 0 Å². The first-order chi connectivity index (χ1) is 12.0. The highest BCUT2D eigenvalue weighted by molar-refractivity contribution is 5.92. The third-order valence-electron chi connectivity index (χ3n) is 3.34. The average Bonchev–Trinajstić information content (AvgIpc) is 2.62. The van der Waals surface area contributed by atoms with Gasteiger partial charge in [0.15, 0.2) is 5.57 Å². The highest BCUT2D eigenvalue weighted by Gasteiger charge is 2.28. The van der Waals surface area contributed by atoms with E-state index in [9.17, 15) is 20.6 Å². The van der Waals surface area contributed by atoms with Gasteiger partial charge in [-0.15, -0.1) is 0 Å². The fraction of sp³-hybridized carbons (Fsp3) is 0. The first-order valence-electron chi connectivity index (χ1n) is 6.59. The fourth-order valence-electron chi connectivity index (χ4n) is 2.24. The van der Waals surface area contributed by atoms with Gasteiger partial charge < -0.3 is 11.1 Å². The summed E-state index contributed by atoms with van der Waals surface area (Å²) in [6.45, 7) is 0. The summed E-state index contributed by atoms with van der Waals surface area (Å²) < 4.78 is 0. The van der Waals surface area contributed by atoms with E-state index in [1.54, 1.807) is 12.1 Å². The summed E-state index contributed by atoms with van der Waals surface area (Å²) in [5.74, 6) is -0.132. The van der Waals surface area contributed by atoms with Crippen LogP contribution in [0.5, 0.6) is 0 Å². The number of rotatable bonds is 2. The molecule has 1 heterocycles. The largest absolute Gasteiger partial charge is 0.384 e. The molecule has 0 spiro atoms. The zero-order valence-electron chi connectivity index (χ0n) is 12.4. The van der Waals surface area contributed by atoms with E-state index in [2.05, 4.69) is 5.32 Å². The second-order valence-corrected chi connectivity index (χ2v) is 4.66. The molecule has 0 saturated carbocycles. The monoisotopic (exact) mass is 329 g/mol. The minimum Gasteiger partial charge on any atom is -0.384 e. The summed E-state index contributed by atoms with van der Waals surface area (Å²) in [5, 5.41) is 50.3. The summed E-state index contributed by atoms with van der Waals surface area (Å²) in [5.41, 5.74) is 5.34. The maximum atomic E-state index is 10.8. The first-order valence-corrected chi connectivity index (χ1v) is 6.59. The van der Waals surface area contributed by atoms with E-state index < -0.39 is 4.92 Å². The lowest BCUT2D eigenvalue weighted by Crippen LogP contribution is -2.28.